The van der Waals surface area contributed by atoms with Gasteiger partial charge in [0.05, 0.1) is 13.8 Å². The molecule has 4 nitrogen and oxygen atoms in total. The second kappa shape index (κ2) is 6.56. The molecule has 0 unspecified atom stereocenters. The van der Waals surface area contributed by atoms with Crippen LogP contribution in [-0.2, 0) is 9.05 Å². The van der Waals surface area contributed by atoms with Crippen molar-refractivity contribution in [3.05, 3.63) is 21.1 Å². The van der Waals surface area contributed by atoms with Gasteiger partial charge in [0.25, 0.3) is 9.05 Å². The summed E-state index contributed by atoms with van der Waals surface area (Å²) in [6.45, 7) is 1.26. The fraction of sp³-hybridized carbons (Fsp3) is 0.400. The summed E-state index contributed by atoms with van der Waals surface area (Å²) in [5.74, 6) is 0.556. The first-order chi connectivity index (χ1) is 8.21. The van der Waals surface area contributed by atoms with Gasteiger partial charge in [0.2, 0.25) is 0 Å². The third kappa shape index (κ3) is 4.70. The highest BCUT2D eigenvalue weighted by atomic mass is 79.9. The molecule has 0 aliphatic carbocycles. The number of likely N-dealkylation sites (N-methyl/N-ethyl adjacent to an activating group) is 1. The van der Waals surface area contributed by atoms with Crippen LogP contribution in [0.1, 0.15) is 0 Å². The predicted octanol–water partition coefficient (Wildman–Crippen LogP) is 3.08. The molecule has 0 saturated carbocycles. The summed E-state index contributed by atoms with van der Waals surface area (Å²) in [6, 6.07) is 2.83. The van der Waals surface area contributed by atoms with Crippen molar-refractivity contribution < 1.29 is 13.2 Å². The number of nitrogens with zero attached hydrogens (tertiary/aromatic N) is 1. The highest BCUT2D eigenvalue weighted by Gasteiger charge is 2.16. The molecule has 102 valence electrons. The van der Waals surface area contributed by atoms with E-state index in [1.807, 2.05) is 19.0 Å². The number of benzene rings is 1. The van der Waals surface area contributed by atoms with Gasteiger partial charge in [0.15, 0.2) is 0 Å². The molecule has 0 amide bonds. The van der Waals surface area contributed by atoms with E-state index in [1.54, 1.807) is 0 Å². The molecule has 18 heavy (non-hydrogen) atoms. The zero-order chi connectivity index (χ0) is 13.9. The highest BCUT2D eigenvalue weighted by molar-refractivity contribution is 9.11. The molecule has 1 rings (SSSR count). The Morgan fingerprint density at radius 3 is 2.17 bits per heavy atom. The third-order valence-corrected chi connectivity index (χ3v) is 4.55. The lowest BCUT2D eigenvalue weighted by atomic mass is 10.3. The molecule has 1 aromatic rings. The van der Waals surface area contributed by atoms with Crippen LogP contribution in [0.15, 0.2) is 26.0 Å². The van der Waals surface area contributed by atoms with Crippen LogP contribution in [0.25, 0.3) is 0 Å². The van der Waals surface area contributed by atoms with Crippen LogP contribution >= 0.6 is 42.5 Å². The van der Waals surface area contributed by atoms with E-state index < -0.39 is 9.05 Å². The molecular formula is C10H12Br2ClNO3S. The minimum atomic E-state index is -3.75. The molecule has 0 aromatic heterocycles. The van der Waals surface area contributed by atoms with E-state index >= 15 is 0 Å². The van der Waals surface area contributed by atoms with Crippen molar-refractivity contribution in [1.29, 1.82) is 0 Å². The van der Waals surface area contributed by atoms with Crippen LogP contribution in [0, 0.1) is 0 Å². The monoisotopic (exact) mass is 419 g/mol. The zero-order valence-corrected chi connectivity index (χ0v) is 14.5. The quantitative estimate of drug-likeness (QED) is 0.686. The maximum absolute atomic E-state index is 11.2. The number of hydrogen-bond acceptors (Lipinski definition) is 4. The molecule has 0 radical (unpaired) electrons. The first kappa shape index (κ1) is 16.2. The van der Waals surface area contributed by atoms with E-state index in [9.17, 15) is 8.42 Å². The fourth-order valence-corrected chi connectivity index (χ4v) is 3.65. The van der Waals surface area contributed by atoms with Crippen LogP contribution in [-0.4, -0.2) is 40.6 Å². The van der Waals surface area contributed by atoms with Crippen molar-refractivity contribution in [2.24, 2.45) is 0 Å². The first-order valence-corrected chi connectivity index (χ1v) is 8.82. The second-order valence-corrected chi connectivity index (χ2v) is 8.08. The highest BCUT2D eigenvalue weighted by Crippen LogP contribution is 2.36. The van der Waals surface area contributed by atoms with Crippen LogP contribution in [0.3, 0.4) is 0 Å². The molecule has 0 aliphatic rings. The summed E-state index contributed by atoms with van der Waals surface area (Å²) in [7, 11) is 5.42. The van der Waals surface area contributed by atoms with Crippen LogP contribution < -0.4 is 4.74 Å². The maximum Gasteiger partial charge on any atom is 0.261 e. The smallest absolute Gasteiger partial charge is 0.261 e. The van der Waals surface area contributed by atoms with E-state index in [2.05, 4.69) is 31.9 Å². The molecule has 0 atom stereocenters. The van der Waals surface area contributed by atoms with E-state index in [0.717, 1.165) is 6.54 Å². The Hall–Kier alpha value is 0.180. The summed E-state index contributed by atoms with van der Waals surface area (Å²) in [5.41, 5.74) is 0. The van der Waals surface area contributed by atoms with Crippen molar-refractivity contribution in [3.63, 3.8) is 0 Å². The van der Waals surface area contributed by atoms with Gasteiger partial charge in [0.1, 0.15) is 12.4 Å². The van der Waals surface area contributed by atoms with Gasteiger partial charge in [0, 0.05) is 17.2 Å². The van der Waals surface area contributed by atoms with Crippen LogP contribution in [0.4, 0.5) is 0 Å². The lowest BCUT2D eigenvalue weighted by Crippen LogP contribution is -2.19. The Kier molecular flexibility index (Phi) is 5.92. The topological polar surface area (TPSA) is 46.6 Å². The summed E-state index contributed by atoms with van der Waals surface area (Å²) in [6.07, 6.45) is 0. The normalized spacial score (nSPS) is 11.9. The summed E-state index contributed by atoms with van der Waals surface area (Å²) >= 11 is 6.53. The van der Waals surface area contributed by atoms with Crippen molar-refractivity contribution in [2.75, 3.05) is 27.2 Å². The molecular weight excluding hydrogens is 409 g/mol. The average molecular weight is 422 g/mol. The number of ether oxygens (including phenoxy) is 1. The van der Waals surface area contributed by atoms with Gasteiger partial charge in [-0.25, -0.2) is 8.42 Å². The average Bonchev–Trinajstić information content (AvgIpc) is 2.20. The van der Waals surface area contributed by atoms with Gasteiger partial charge in [-0.15, -0.1) is 0 Å². The molecule has 0 heterocycles. The van der Waals surface area contributed by atoms with E-state index in [-0.39, 0.29) is 4.90 Å². The van der Waals surface area contributed by atoms with Gasteiger partial charge in [-0.05, 0) is 58.1 Å². The molecule has 0 bridgehead atoms. The Morgan fingerprint density at radius 1 is 1.28 bits per heavy atom. The van der Waals surface area contributed by atoms with E-state index in [1.165, 1.54) is 12.1 Å². The van der Waals surface area contributed by atoms with E-state index in [4.69, 9.17) is 15.4 Å². The minimum Gasteiger partial charge on any atom is -0.490 e. The molecule has 0 fully saturated rings. The maximum atomic E-state index is 11.2. The Morgan fingerprint density at radius 2 is 1.78 bits per heavy atom. The minimum absolute atomic E-state index is 0.0166. The molecule has 0 N–H and O–H groups in total. The first-order valence-electron chi connectivity index (χ1n) is 4.93. The van der Waals surface area contributed by atoms with Crippen molar-refractivity contribution >= 4 is 51.6 Å². The zero-order valence-electron chi connectivity index (χ0n) is 9.78. The van der Waals surface area contributed by atoms with Gasteiger partial charge in [-0.2, -0.15) is 0 Å². The lowest BCUT2D eigenvalue weighted by Gasteiger charge is -2.14. The summed E-state index contributed by atoms with van der Waals surface area (Å²) < 4.78 is 29.1. The number of rotatable bonds is 5. The van der Waals surface area contributed by atoms with Crippen LogP contribution in [0.5, 0.6) is 5.75 Å². The number of hydrogen-bond donors (Lipinski definition) is 0. The molecule has 1 aromatic carbocycles. The van der Waals surface area contributed by atoms with Crippen molar-refractivity contribution in [1.82, 2.24) is 4.90 Å². The second-order valence-electron chi connectivity index (χ2n) is 3.81. The SMILES string of the molecule is CN(C)CCOc1c(Br)cc(S(=O)(=O)Cl)cc1Br. The third-order valence-electron chi connectivity index (χ3n) is 2.04. The van der Waals surface area contributed by atoms with Gasteiger partial charge in [-0.1, -0.05) is 0 Å². The van der Waals surface area contributed by atoms with E-state index in [0.29, 0.717) is 21.3 Å². The van der Waals surface area contributed by atoms with Gasteiger partial charge in [-0.3, -0.25) is 0 Å². The number of halogens is 3. The van der Waals surface area contributed by atoms with Gasteiger partial charge < -0.3 is 9.64 Å². The Bertz CT molecular complexity index is 511. The Balaban J connectivity index is 2.95. The molecule has 8 heteroatoms. The van der Waals surface area contributed by atoms with Crippen molar-refractivity contribution in [2.45, 2.75) is 4.90 Å². The fourth-order valence-electron chi connectivity index (χ4n) is 1.15. The lowest BCUT2D eigenvalue weighted by molar-refractivity contribution is 0.259. The van der Waals surface area contributed by atoms with Crippen molar-refractivity contribution in [3.8, 4) is 5.75 Å². The Labute approximate surface area is 128 Å². The summed E-state index contributed by atoms with van der Waals surface area (Å²) in [5, 5.41) is 0. The van der Waals surface area contributed by atoms with Crippen LogP contribution in [0.2, 0.25) is 0 Å². The molecule has 0 saturated heterocycles. The molecule has 0 spiro atoms. The van der Waals surface area contributed by atoms with Gasteiger partial charge >= 0.3 is 0 Å². The predicted molar refractivity (Wildman–Crippen MR) is 78.9 cm³/mol. The standard InChI is InChI=1S/C10H12Br2ClNO3S/c1-14(2)3-4-17-10-8(11)5-7(6-9(10)12)18(13,15)16/h5-6H,3-4H2,1-2H3. The molecule has 0 aliphatic heterocycles. The largest absolute Gasteiger partial charge is 0.490 e. The summed E-state index contributed by atoms with van der Waals surface area (Å²) in [4.78, 5) is 2.00.